The number of thiophene rings is 1. The van der Waals surface area contributed by atoms with E-state index in [9.17, 15) is 9.90 Å². The molecule has 0 aliphatic heterocycles. The number of aromatic carboxylic acids is 1. The molecule has 1 aliphatic carbocycles. The van der Waals surface area contributed by atoms with Crippen LogP contribution in [0.15, 0.2) is 54.6 Å². The van der Waals surface area contributed by atoms with E-state index in [2.05, 4.69) is 23.5 Å². The van der Waals surface area contributed by atoms with E-state index in [0.29, 0.717) is 22.5 Å². The minimum atomic E-state index is -0.887. The molecular weight excluding hydrogens is 406 g/mol. The molecule has 4 nitrogen and oxygen atoms in total. The third-order valence-electron chi connectivity index (χ3n) is 5.37. The first-order valence-corrected chi connectivity index (χ1v) is 10.8. The van der Waals surface area contributed by atoms with E-state index in [1.54, 1.807) is 18.2 Å². The van der Waals surface area contributed by atoms with Crippen LogP contribution in [0, 0.1) is 0 Å². The summed E-state index contributed by atoms with van der Waals surface area (Å²) >= 11 is 7.31. The lowest BCUT2D eigenvalue weighted by Crippen LogP contribution is -2.37. The van der Waals surface area contributed by atoms with Crippen molar-refractivity contribution in [1.82, 2.24) is 5.32 Å². The number of carboxylic acid groups (broad SMARTS) is 1. The second-order valence-electron chi connectivity index (χ2n) is 7.37. The molecule has 0 bridgehead atoms. The van der Waals surface area contributed by atoms with Crippen LogP contribution in [0.2, 0.25) is 5.02 Å². The van der Waals surface area contributed by atoms with Gasteiger partial charge in [0.1, 0.15) is 4.88 Å². The Morgan fingerprint density at radius 2 is 2.03 bits per heavy atom. The molecule has 29 heavy (non-hydrogen) atoms. The molecule has 150 valence electrons. The lowest BCUT2D eigenvalue weighted by Gasteiger charge is -2.27. The fourth-order valence-corrected chi connectivity index (χ4v) is 4.84. The average molecular weight is 428 g/mol. The third-order valence-corrected chi connectivity index (χ3v) is 6.73. The van der Waals surface area contributed by atoms with E-state index in [1.165, 1.54) is 22.5 Å². The molecule has 2 atom stereocenters. The predicted octanol–water partition coefficient (Wildman–Crippen LogP) is 4.95. The third kappa shape index (κ3) is 4.70. The van der Waals surface area contributed by atoms with Gasteiger partial charge in [-0.1, -0.05) is 41.9 Å². The van der Waals surface area contributed by atoms with Crippen molar-refractivity contribution in [2.75, 3.05) is 6.54 Å². The van der Waals surface area contributed by atoms with E-state index in [-0.39, 0.29) is 0 Å². The molecule has 3 aromatic rings. The maximum atomic E-state index is 11.1. The number of hydrogen-bond donors (Lipinski definition) is 3. The first-order valence-electron chi connectivity index (χ1n) is 9.62. The first kappa shape index (κ1) is 20.1. The number of fused-ring (bicyclic) bond motifs is 1. The molecular formula is C23H22ClNO3S. The molecule has 1 aliphatic rings. The Bertz CT molecular complexity index is 1030. The van der Waals surface area contributed by atoms with Crippen LogP contribution in [-0.2, 0) is 12.8 Å². The largest absolute Gasteiger partial charge is 0.477 e. The van der Waals surface area contributed by atoms with Gasteiger partial charge in [-0.2, -0.15) is 0 Å². The zero-order valence-corrected chi connectivity index (χ0v) is 17.3. The molecule has 1 heterocycles. The van der Waals surface area contributed by atoms with Gasteiger partial charge in [0.2, 0.25) is 0 Å². The number of benzene rings is 2. The lowest BCUT2D eigenvalue weighted by molar-refractivity contribution is 0.0702. The van der Waals surface area contributed by atoms with E-state index in [1.807, 2.05) is 18.2 Å². The number of carboxylic acids is 1. The van der Waals surface area contributed by atoms with E-state index in [0.717, 1.165) is 35.3 Å². The Morgan fingerprint density at radius 3 is 2.79 bits per heavy atom. The molecule has 0 saturated carbocycles. The molecule has 0 unspecified atom stereocenters. The lowest BCUT2D eigenvalue weighted by atomic mass is 9.87. The fourth-order valence-electron chi connectivity index (χ4n) is 3.80. The second kappa shape index (κ2) is 8.67. The van der Waals surface area contributed by atoms with Gasteiger partial charge in [0.05, 0.1) is 6.10 Å². The van der Waals surface area contributed by atoms with Crippen molar-refractivity contribution in [3.63, 3.8) is 0 Å². The van der Waals surface area contributed by atoms with Crippen LogP contribution in [0.3, 0.4) is 0 Å². The molecule has 3 N–H and O–H groups in total. The van der Waals surface area contributed by atoms with E-state index < -0.39 is 12.1 Å². The highest BCUT2D eigenvalue weighted by Crippen LogP contribution is 2.32. The number of hydrogen-bond acceptors (Lipinski definition) is 4. The normalized spacial score (nSPS) is 17.0. The number of aliphatic hydroxyl groups is 1. The summed E-state index contributed by atoms with van der Waals surface area (Å²) in [6.45, 7) is 0.479. The van der Waals surface area contributed by atoms with Crippen LogP contribution in [-0.4, -0.2) is 28.8 Å². The van der Waals surface area contributed by atoms with E-state index >= 15 is 0 Å². The van der Waals surface area contributed by atoms with Crippen LogP contribution >= 0.6 is 22.9 Å². The summed E-state index contributed by atoms with van der Waals surface area (Å²) in [5, 5.41) is 23.7. The van der Waals surface area contributed by atoms with Crippen LogP contribution < -0.4 is 5.32 Å². The minimum Gasteiger partial charge on any atom is -0.477 e. The average Bonchev–Trinajstić information content (AvgIpc) is 3.22. The smallest absolute Gasteiger partial charge is 0.345 e. The van der Waals surface area contributed by atoms with Gasteiger partial charge in [0.15, 0.2) is 0 Å². The second-order valence-corrected chi connectivity index (χ2v) is 8.89. The van der Waals surface area contributed by atoms with Crippen LogP contribution in [0.1, 0.15) is 38.9 Å². The van der Waals surface area contributed by atoms with Gasteiger partial charge in [-0.25, -0.2) is 4.79 Å². The molecule has 0 spiro atoms. The highest BCUT2D eigenvalue weighted by Gasteiger charge is 2.20. The monoisotopic (exact) mass is 427 g/mol. The molecule has 0 fully saturated rings. The zero-order chi connectivity index (χ0) is 20.4. The summed E-state index contributed by atoms with van der Waals surface area (Å²) in [5.41, 5.74) is 4.50. The van der Waals surface area contributed by atoms with Gasteiger partial charge in [0, 0.05) is 22.5 Å². The van der Waals surface area contributed by atoms with Gasteiger partial charge >= 0.3 is 5.97 Å². The van der Waals surface area contributed by atoms with E-state index in [4.69, 9.17) is 16.7 Å². The fraction of sp³-hybridized carbons (Fsp3) is 0.261. The first-order chi connectivity index (χ1) is 14.0. The Labute approximate surface area is 178 Å². The number of aliphatic hydroxyl groups excluding tert-OH is 1. The predicted molar refractivity (Wildman–Crippen MR) is 117 cm³/mol. The van der Waals surface area contributed by atoms with Crippen LogP contribution in [0.25, 0.3) is 10.4 Å². The summed E-state index contributed by atoms with van der Waals surface area (Å²) in [6.07, 6.45) is 2.31. The molecule has 0 amide bonds. The minimum absolute atomic E-state index is 0.296. The number of carbonyl (C=O) groups is 1. The maximum Gasteiger partial charge on any atom is 0.345 e. The van der Waals surface area contributed by atoms with Crippen molar-refractivity contribution >= 4 is 28.9 Å². The molecule has 2 aromatic carbocycles. The van der Waals surface area contributed by atoms with Gasteiger partial charge < -0.3 is 15.5 Å². The van der Waals surface area contributed by atoms with Crippen molar-refractivity contribution in [1.29, 1.82) is 0 Å². The highest BCUT2D eigenvalue weighted by molar-refractivity contribution is 7.17. The summed E-state index contributed by atoms with van der Waals surface area (Å²) in [7, 11) is 0. The number of nitrogens with one attached hydrogen (secondary N) is 1. The highest BCUT2D eigenvalue weighted by atomic mass is 35.5. The van der Waals surface area contributed by atoms with Gasteiger partial charge in [0.25, 0.3) is 0 Å². The van der Waals surface area contributed by atoms with Crippen molar-refractivity contribution < 1.29 is 15.0 Å². The molecule has 0 saturated heterocycles. The number of rotatable bonds is 6. The Kier molecular flexibility index (Phi) is 6.01. The SMILES string of the molecule is O=C(O)c1ccc(-c2ccc3c(c2)C[C@@H](NC[C@@H](O)c2cccc(Cl)c2)CC3)s1. The quantitative estimate of drug-likeness (QED) is 0.520. The zero-order valence-electron chi connectivity index (χ0n) is 15.8. The van der Waals surface area contributed by atoms with Crippen molar-refractivity contribution in [2.45, 2.75) is 31.4 Å². The summed E-state index contributed by atoms with van der Waals surface area (Å²) in [4.78, 5) is 12.5. The summed E-state index contributed by atoms with van der Waals surface area (Å²) in [5.74, 6) is -0.887. The Morgan fingerprint density at radius 1 is 1.17 bits per heavy atom. The molecule has 1 aromatic heterocycles. The van der Waals surface area contributed by atoms with Gasteiger partial charge in [-0.15, -0.1) is 11.3 Å². The maximum absolute atomic E-state index is 11.1. The van der Waals surface area contributed by atoms with Gasteiger partial charge in [-0.3, -0.25) is 0 Å². The van der Waals surface area contributed by atoms with Crippen LogP contribution in [0.5, 0.6) is 0 Å². The van der Waals surface area contributed by atoms with Crippen molar-refractivity contribution in [2.24, 2.45) is 0 Å². The molecule has 0 radical (unpaired) electrons. The standard InChI is InChI=1S/C23H22ClNO3S/c24-18-3-1-2-15(11-18)20(26)13-25-19-7-6-14-4-5-16(10-17(14)12-19)21-8-9-22(29-21)23(27)28/h1-5,8-11,19-20,25-26H,6-7,12-13H2,(H,27,28)/t19-,20+/m0/s1. The number of aryl methyl sites for hydroxylation is 1. The topological polar surface area (TPSA) is 69.6 Å². The Hall–Kier alpha value is -2.18. The number of halogens is 1. The summed E-state index contributed by atoms with van der Waals surface area (Å²) < 4.78 is 0. The molecule has 6 heteroatoms. The summed E-state index contributed by atoms with van der Waals surface area (Å²) in [6, 6.07) is 17.6. The Balaban J connectivity index is 1.42. The van der Waals surface area contributed by atoms with Crippen molar-refractivity contribution in [3.8, 4) is 10.4 Å². The molecule has 4 rings (SSSR count). The van der Waals surface area contributed by atoms with Crippen LogP contribution in [0.4, 0.5) is 0 Å². The van der Waals surface area contributed by atoms with Gasteiger partial charge in [-0.05, 0) is 65.8 Å². The van der Waals surface area contributed by atoms with Crippen molar-refractivity contribution in [3.05, 3.63) is 81.2 Å².